The van der Waals surface area contributed by atoms with Crippen molar-refractivity contribution in [1.82, 2.24) is 0 Å². The number of halogens is 1. The third-order valence-corrected chi connectivity index (χ3v) is 4.95. The number of ether oxygens (including phenoxy) is 2. The number of hydrogen-bond donors (Lipinski definition) is 1. The normalized spacial score (nSPS) is 11.7. The topological polar surface area (TPSA) is 51.0 Å². The first-order valence-corrected chi connectivity index (χ1v) is 10.7. The molecule has 1 N–H and O–H groups in total. The standard InChI is InChI=1S/C24H32ClNO3/c1-17(2)22-6-5-7-23(18(3)4)24(22)26-16-19-8-9-21(14-20(19)15-25)29-13-12-28-11-10-27/h5-9,14,16-18,27H,10-13,15H2,1-4H3. The molecule has 2 rings (SSSR count). The number of hydrogen-bond acceptors (Lipinski definition) is 4. The molecule has 29 heavy (non-hydrogen) atoms. The number of aliphatic hydroxyl groups is 1. The lowest BCUT2D eigenvalue weighted by atomic mass is 9.93. The first kappa shape index (κ1) is 23.4. The van der Waals surface area contributed by atoms with Crippen LogP contribution in [0.15, 0.2) is 41.4 Å². The molecular weight excluding hydrogens is 386 g/mol. The molecule has 0 saturated heterocycles. The van der Waals surface area contributed by atoms with Crippen LogP contribution in [0.3, 0.4) is 0 Å². The van der Waals surface area contributed by atoms with Gasteiger partial charge in [0.1, 0.15) is 12.4 Å². The van der Waals surface area contributed by atoms with Gasteiger partial charge in [-0.2, -0.15) is 0 Å². The molecule has 2 aromatic carbocycles. The zero-order valence-electron chi connectivity index (χ0n) is 17.8. The van der Waals surface area contributed by atoms with Gasteiger partial charge in [0.05, 0.1) is 25.5 Å². The van der Waals surface area contributed by atoms with E-state index < -0.39 is 0 Å². The maximum atomic E-state index is 8.72. The molecule has 5 heteroatoms. The second-order valence-corrected chi connectivity index (χ2v) is 7.80. The van der Waals surface area contributed by atoms with Crippen molar-refractivity contribution in [3.8, 4) is 5.75 Å². The van der Waals surface area contributed by atoms with Crippen molar-refractivity contribution in [1.29, 1.82) is 0 Å². The van der Waals surface area contributed by atoms with Gasteiger partial charge in [0.2, 0.25) is 0 Å². The van der Waals surface area contributed by atoms with E-state index in [1.165, 1.54) is 11.1 Å². The Morgan fingerprint density at radius 3 is 2.28 bits per heavy atom. The van der Waals surface area contributed by atoms with Crippen LogP contribution in [0, 0.1) is 0 Å². The highest BCUT2D eigenvalue weighted by Gasteiger charge is 2.13. The third kappa shape index (κ3) is 6.84. The van der Waals surface area contributed by atoms with Gasteiger partial charge >= 0.3 is 0 Å². The molecule has 0 saturated carbocycles. The molecule has 2 aromatic rings. The predicted molar refractivity (Wildman–Crippen MR) is 121 cm³/mol. The summed E-state index contributed by atoms with van der Waals surface area (Å²) in [6.07, 6.45) is 1.90. The van der Waals surface area contributed by atoms with E-state index in [1.54, 1.807) is 0 Å². The molecule has 4 nitrogen and oxygen atoms in total. The number of benzene rings is 2. The van der Waals surface area contributed by atoms with E-state index in [1.807, 2.05) is 24.4 Å². The fraction of sp³-hybridized carbons (Fsp3) is 0.458. The van der Waals surface area contributed by atoms with Crippen LogP contribution in [0.5, 0.6) is 5.75 Å². The minimum absolute atomic E-state index is 0.0168. The van der Waals surface area contributed by atoms with E-state index in [4.69, 9.17) is 31.2 Å². The number of nitrogens with zero attached hydrogens (tertiary/aromatic N) is 1. The molecule has 0 aliphatic heterocycles. The Hall–Kier alpha value is -1.88. The zero-order valence-corrected chi connectivity index (χ0v) is 18.6. The summed E-state index contributed by atoms with van der Waals surface area (Å²) in [5.41, 5.74) is 5.51. The number of aliphatic hydroxyl groups excluding tert-OH is 1. The fourth-order valence-corrected chi connectivity index (χ4v) is 3.33. The minimum Gasteiger partial charge on any atom is -0.491 e. The summed E-state index contributed by atoms with van der Waals surface area (Å²) in [7, 11) is 0. The van der Waals surface area contributed by atoms with Crippen LogP contribution in [0.1, 0.15) is 61.8 Å². The summed E-state index contributed by atoms with van der Waals surface area (Å²) in [5.74, 6) is 1.92. The molecule has 0 aromatic heterocycles. The maximum Gasteiger partial charge on any atom is 0.119 e. The molecule has 0 fully saturated rings. The van der Waals surface area contributed by atoms with Crippen LogP contribution in [-0.2, 0) is 10.6 Å². The van der Waals surface area contributed by atoms with Crippen molar-refractivity contribution in [2.24, 2.45) is 4.99 Å². The lowest BCUT2D eigenvalue weighted by Gasteiger charge is -2.16. The van der Waals surface area contributed by atoms with Crippen LogP contribution < -0.4 is 4.74 Å². The van der Waals surface area contributed by atoms with E-state index in [0.717, 1.165) is 22.6 Å². The van der Waals surface area contributed by atoms with E-state index in [0.29, 0.717) is 37.5 Å². The highest BCUT2D eigenvalue weighted by Crippen LogP contribution is 2.34. The van der Waals surface area contributed by atoms with E-state index in [2.05, 4.69) is 45.9 Å². The third-order valence-electron chi connectivity index (χ3n) is 4.67. The number of rotatable bonds is 11. The number of para-hydroxylation sites is 1. The van der Waals surface area contributed by atoms with Gasteiger partial charge in [-0.15, -0.1) is 11.6 Å². The first-order valence-electron chi connectivity index (χ1n) is 10.1. The lowest BCUT2D eigenvalue weighted by Crippen LogP contribution is -2.09. The van der Waals surface area contributed by atoms with Crippen molar-refractivity contribution in [3.05, 3.63) is 58.7 Å². The predicted octanol–water partition coefficient (Wildman–Crippen LogP) is 5.81. The van der Waals surface area contributed by atoms with E-state index in [-0.39, 0.29) is 6.61 Å². The molecular formula is C24H32ClNO3. The molecule has 0 spiro atoms. The lowest BCUT2D eigenvalue weighted by molar-refractivity contribution is 0.0705. The van der Waals surface area contributed by atoms with Crippen LogP contribution in [0.2, 0.25) is 0 Å². The van der Waals surface area contributed by atoms with Gasteiger partial charge in [0.25, 0.3) is 0 Å². The second-order valence-electron chi connectivity index (χ2n) is 7.53. The highest BCUT2D eigenvalue weighted by molar-refractivity contribution is 6.17. The summed E-state index contributed by atoms with van der Waals surface area (Å²) in [6.45, 7) is 9.97. The Morgan fingerprint density at radius 2 is 1.69 bits per heavy atom. The quantitative estimate of drug-likeness (QED) is 0.285. The molecule has 0 aliphatic carbocycles. The summed E-state index contributed by atoms with van der Waals surface area (Å²) in [6, 6.07) is 12.3. The maximum absolute atomic E-state index is 8.72. The number of alkyl halides is 1. The molecule has 0 amide bonds. The van der Waals surface area contributed by atoms with Gasteiger partial charge < -0.3 is 14.6 Å². The van der Waals surface area contributed by atoms with Gasteiger partial charge in [-0.05, 0) is 52.3 Å². The Morgan fingerprint density at radius 1 is 1.00 bits per heavy atom. The van der Waals surface area contributed by atoms with Gasteiger partial charge in [-0.3, -0.25) is 4.99 Å². The van der Waals surface area contributed by atoms with Crippen LogP contribution in [-0.4, -0.2) is 37.7 Å². The van der Waals surface area contributed by atoms with E-state index in [9.17, 15) is 0 Å². The molecule has 0 atom stereocenters. The van der Waals surface area contributed by atoms with Gasteiger partial charge in [0.15, 0.2) is 0 Å². The first-order chi connectivity index (χ1) is 14.0. The molecule has 0 unspecified atom stereocenters. The summed E-state index contributed by atoms with van der Waals surface area (Å²) in [5, 5.41) is 8.72. The Balaban J connectivity index is 2.22. The average Bonchev–Trinajstić information content (AvgIpc) is 2.71. The molecule has 0 aliphatic rings. The minimum atomic E-state index is 0.0168. The Bertz CT molecular complexity index is 776. The highest BCUT2D eigenvalue weighted by atomic mass is 35.5. The monoisotopic (exact) mass is 417 g/mol. The Kier molecular flexibility index (Phi) is 9.65. The summed E-state index contributed by atoms with van der Waals surface area (Å²) >= 11 is 6.18. The van der Waals surface area contributed by atoms with Gasteiger partial charge in [-0.25, -0.2) is 0 Å². The Labute approximate surface area is 179 Å². The zero-order chi connectivity index (χ0) is 21.2. The molecule has 0 radical (unpaired) electrons. The van der Waals surface area contributed by atoms with Crippen LogP contribution in [0.25, 0.3) is 0 Å². The largest absolute Gasteiger partial charge is 0.491 e. The van der Waals surface area contributed by atoms with Crippen molar-refractivity contribution < 1.29 is 14.6 Å². The molecule has 158 valence electrons. The fourth-order valence-electron chi connectivity index (χ4n) is 3.09. The van der Waals surface area contributed by atoms with E-state index >= 15 is 0 Å². The average molecular weight is 418 g/mol. The second kappa shape index (κ2) is 12.0. The molecule has 0 bridgehead atoms. The van der Waals surface area contributed by atoms with Crippen molar-refractivity contribution in [3.63, 3.8) is 0 Å². The summed E-state index contributed by atoms with van der Waals surface area (Å²) in [4.78, 5) is 4.88. The van der Waals surface area contributed by atoms with Crippen LogP contribution >= 0.6 is 11.6 Å². The van der Waals surface area contributed by atoms with Gasteiger partial charge in [-0.1, -0.05) is 45.9 Å². The molecule has 0 heterocycles. The smallest absolute Gasteiger partial charge is 0.119 e. The van der Waals surface area contributed by atoms with Crippen LogP contribution in [0.4, 0.5) is 5.69 Å². The summed E-state index contributed by atoms with van der Waals surface area (Å²) < 4.78 is 10.9. The van der Waals surface area contributed by atoms with Crippen molar-refractivity contribution >= 4 is 23.5 Å². The number of aliphatic imine (C=N–C) groups is 1. The van der Waals surface area contributed by atoms with Crippen molar-refractivity contribution in [2.75, 3.05) is 26.4 Å². The van der Waals surface area contributed by atoms with Gasteiger partial charge in [0, 0.05) is 12.1 Å². The SMILES string of the molecule is CC(C)c1cccc(C(C)C)c1N=Cc1ccc(OCCOCCO)cc1CCl. The van der Waals surface area contributed by atoms with Crippen molar-refractivity contribution in [2.45, 2.75) is 45.4 Å².